The Morgan fingerprint density at radius 3 is 2.82 bits per heavy atom. The molecule has 0 saturated carbocycles. The van der Waals surface area contributed by atoms with Crippen LogP contribution in [0.15, 0.2) is 34.1 Å². The van der Waals surface area contributed by atoms with Gasteiger partial charge in [0.15, 0.2) is 0 Å². The lowest BCUT2D eigenvalue weighted by molar-refractivity contribution is 0.506. The van der Waals surface area contributed by atoms with Crippen LogP contribution >= 0.6 is 38.9 Å². The molecular formula is C13H11BrClNS. The minimum Gasteiger partial charge on any atom is -0.323 e. The molecule has 0 aliphatic heterocycles. The van der Waals surface area contributed by atoms with Crippen LogP contribution in [0.3, 0.4) is 0 Å². The van der Waals surface area contributed by atoms with E-state index in [0.717, 1.165) is 20.1 Å². The average Bonchev–Trinajstić information content (AvgIpc) is 2.61. The topological polar surface area (TPSA) is 26.0 Å². The van der Waals surface area contributed by atoms with E-state index in [1.54, 1.807) is 11.3 Å². The minimum absolute atomic E-state index is 0.0544. The van der Waals surface area contributed by atoms with Gasteiger partial charge in [-0.05, 0) is 39.5 Å². The fraction of sp³-hybridized carbons (Fsp3) is 0.231. The van der Waals surface area contributed by atoms with Crippen LogP contribution in [0.4, 0.5) is 0 Å². The van der Waals surface area contributed by atoms with Crippen LogP contribution in [0.25, 0.3) is 0 Å². The Bertz CT molecular complexity index is 547. The highest BCUT2D eigenvalue weighted by Gasteiger charge is 2.32. The van der Waals surface area contributed by atoms with Crippen LogP contribution in [-0.2, 0) is 6.42 Å². The zero-order valence-electron chi connectivity index (χ0n) is 8.99. The van der Waals surface area contributed by atoms with Crippen molar-refractivity contribution in [1.29, 1.82) is 0 Å². The van der Waals surface area contributed by atoms with E-state index < -0.39 is 0 Å². The third kappa shape index (κ3) is 1.95. The average molecular weight is 329 g/mol. The summed E-state index contributed by atoms with van der Waals surface area (Å²) in [6, 6.07) is 10.5. The van der Waals surface area contributed by atoms with Crippen molar-refractivity contribution in [2.24, 2.45) is 5.73 Å². The first-order valence-corrected chi connectivity index (χ1v) is 7.43. The summed E-state index contributed by atoms with van der Waals surface area (Å²) >= 11 is 11.1. The zero-order chi connectivity index (χ0) is 12.0. The first kappa shape index (κ1) is 11.7. The lowest BCUT2D eigenvalue weighted by Gasteiger charge is -2.34. The van der Waals surface area contributed by atoms with E-state index in [0.29, 0.717) is 5.92 Å². The van der Waals surface area contributed by atoms with Crippen LogP contribution in [0.5, 0.6) is 0 Å². The molecule has 1 aliphatic rings. The van der Waals surface area contributed by atoms with Crippen molar-refractivity contribution >= 4 is 38.9 Å². The highest BCUT2D eigenvalue weighted by Crippen LogP contribution is 2.45. The lowest BCUT2D eigenvalue weighted by Crippen LogP contribution is -2.28. The standard InChI is InChI=1S/C13H11BrClNS/c14-13-10(15)6-11(17-13)12(16)9-5-7-3-1-2-4-8(7)9/h1-4,6,9,12H,5,16H2. The van der Waals surface area contributed by atoms with Gasteiger partial charge >= 0.3 is 0 Å². The fourth-order valence-electron chi connectivity index (χ4n) is 2.34. The Labute approximate surface area is 118 Å². The molecule has 2 aromatic rings. The van der Waals surface area contributed by atoms with E-state index in [4.69, 9.17) is 17.3 Å². The van der Waals surface area contributed by atoms with Crippen molar-refractivity contribution < 1.29 is 0 Å². The second kappa shape index (κ2) is 4.39. The van der Waals surface area contributed by atoms with Gasteiger partial charge in [-0.1, -0.05) is 35.9 Å². The van der Waals surface area contributed by atoms with Gasteiger partial charge in [-0.25, -0.2) is 0 Å². The van der Waals surface area contributed by atoms with E-state index in [1.807, 2.05) is 6.07 Å². The Kier molecular flexibility index (Phi) is 3.03. The molecule has 88 valence electrons. The molecule has 0 saturated heterocycles. The number of fused-ring (bicyclic) bond motifs is 1. The van der Waals surface area contributed by atoms with Crippen LogP contribution < -0.4 is 5.73 Å². The van der Waals surface area contributed by atoms with E-state index in [9.17, 15) is 0 Å². The molecule has 0 fully saturated rings. The van der Waals surface area contributed by atoms with Crippen molar-refractivity contribution in [2.75, 3.05) is 0 Å². The Balaban J connectivity index is 1.88. The van der Waals surface area contributed by atoms with Gasteiger partial charge in [-0.15, -0.1) is 11.3 Å². The van der Waals surface area contributed by atoms with Crippen molar-refractivity contribution in [3.8, 4) is 0 Å². The summed E-state index contributed by atoms with van der Waals surface area (Å²) in [6.07, 6.45) is 1.07. The summed E-state index contributed by atoms with van der Waals surface area (Å²) in [5, 5.41) is 0.757. The summed E-state index contributed by atoms with van der Waals surface area (Å²) in [7, 11) is 0. The lowest BCUT2D eigenvalue weighted by atomic mass is 9.73. The number of rotatable bonds is 2. The van der Waals surface area contributed by atoms with E-state index in [1.165, 1.54) is 11.1 Å². The summed E-state index contributed by atoms with van der Waals surface area (Å²) in [5.74, 6) is 0.438. The van der Waals surface area contributed by atoms with Gasteiger partial charge in [-0.3, -0.25) is 0 Å². The molecule has 1 nitrogen and oxygen atoms in total. The van der Waals surface area contributed by atoms with Crippen molar-refractivity contribution in [3.05, 3.63) is 55.1 Å². The number of halogens is 2. The smallest absolute Gasteiger partial charge is 0.0887 e. The predicted octanol–water partition coefficient (Wildman–Crippen LogP) is 4.50. The summed E-state index contributed by atoms with van der Waals surface area (Å²) in [6.45, 7) is 0. The molecule has 0 radical (unpaired) electrons. The second-order valence-electron chi connectivity index (χ2n) is 4.31. The van der Waals surface area contributed by atoms with Crippen LogP contribution in [0, 0.1) is 0 Å². The molecule has 1 aromatic carbocycles. The van der Waals surface area contributed by atoms with Crippen molar-refractivity contribution in [2.45, 2.75) is 18.4 Å². The number of hydrogen-bond acceptors (Lipinski definition) is 2. The van der Waals surface area contributed by atoms with Gasteiger partial charge in [0, 0.05) is 16.8 Å². The molecule has 17 heavy (non-hydrogen) atoms. The first-order chi connectivity index (χ1) is 8.16. The SMILES string of the molecule is NC(c1cc(Cl)c(Br)s1)C1Cc2ccccc21. The van der Waals surface area contributed by atoms with Crippen LogP contribution in [0.1, 0.15) is 28.0 Å². The molecule has 0 spiro atoms. The maximum absolute atomic E-state index is 6.33. The van der Waals surface area contributed by atoms with E-state index >= 15 is 0 Å². The number of benzene rings is 1. The van der Waals surface area contributed by atoms with Crippen molar-refractivity contribution in [3.63, 3.8) is 0 Å². The molecule has 2 N–H and O–H groups in total. The monoisotopic (exact) mass is 327 g/mol. The Hall–Kier alpha value is -0.350. The summed E-state index contributed by atoms with van der Waals surface area (Å²) < 4.78 is 0.970. The highest BCUT2D eigenvalue weighted by molar-refractivity contribution is 9.11. The van der Waals surface area contributed by atoms with Gasteiger partial charge in [0.05, 0.1) is 8.81 Å². The Morgan fingerprint density at radius 2 is 2.18 bits per heavy atom. The van der Waals surface area contributed by atoms with Gasteiger partial charge in [-0.2, -0.15) is 0 Å². The molecule has 1 aromatic heterocycles. The minimum atomic E-state index is 0.0544. The first-order valence-electron chi connectivity index (χ1n) is 5.45. The number of hydrogen-bond donors (Lipinski definition) is 1. The third-order valence-corrected chi connectivity index (χ3v) is 5.90. The molecule has 1 aliphatic carbocycles. The normalized spacial score (nSPS) is 19.6. The number of nitrogens with two attached hydrogens (primary N) is 1. The molecular weight excluding hydrogens is 318 g/mol. The second-order valence-corrected chi connectivity index (χ2v) is 7.11. The van der Waals surface area contributed by atoms with Gasteiger partial charge < -0.3 is 5.73 Å². The molecule has 1 heterocycles. The molecule has 4 heteroatoms. The third-order valence-electron chi connectivity index (χ3n) is 3.32. The maximum Gasteiger partial charge on any atom is 0.0887 e. The molecule has 0 bridgehead atoms. The molecule has 2 unspecified atom stereocenters. The summed E-state index contributed by atoms with van der Waals surface area (Å²) in [4.78, 5) is 1.15. The molecule has 2 atom stereocenters. The fourth-order valence-corrected chi connectivity index (χ4v) is 4.16. The predicted molar refractivity (Wildman–Crippen MR) is 76.8 cm³/mol. The largest absolute Gasteiger partial charge is 0.323 e. The molecule has 0 amide bonds. The quantitative estimate of drug-likeness (QED) is 0.863. The van der Waals surface area contributed by atoms with Gasteiger partial charge in [0.2, 0.25) is 0 Å². The van der Waals surface area contributed by atoms with Gasteiger partial charge in [0.25, 0.3) is 0 Å². The van der Waals surface area contributed by atoms with E-state index in [-0.39, 0.29) is 6.04 Å². The summed E-state index contributed by atoms with van der Waals surface area (Å²) in [5.41, 5.74) is 9.14. The van der Waals surface area contributed by atoms with E-state index in [2.05, 4.69) is 40.2 Å². The highest BCUT2D eigenvalue weighted by atomic mass is 79.9. The Morgan fingerprint density at radius 1 is 1.41 bits per heavy atom. The van der Waals surface area contributed by atoms with Crippen LogP contribution in [0.2, 0.25) is 5.02 Å². The van der Waals surface area contributed by atoms with Gasteiger partial charge in [0.1, 0.15) is 0 Å². The van der Waals surface area contributed by atoms with Crippen molar-refractivity contribution in [1.82, 2.24) is 0 Å². The van der Waals surface area contributed by atoms with Crippen LogP contribution in [-0.4, -0.2) is 0 Å². The molecule has 3 rings (SSSR count). The number of thiophene rings is 1. The maximum atomic E-state index is 6.33. The zero-order valence-corrected chi connectivity index (χ0v) is 12.1.